The van der Waals surface area contributed by atoms with Crippen molar-refractivity contribution in [3.05, 3.63) is 34.3 Å². The molecule has 0 fully saturated rings. The summed E-state index contributed by atoms with van der Waals surface area (Å²) >= 11 is 3.40. The minimum atomic E-state index is -0.106. The molecule has 0 aliphatic heterocycles. The first-order valence-corrected chi connectivity index (χ1v) is 6.63. The topological polar surface area (TPSA) is 41.1 Å². The van der Waals surface area contributed by atoms with Crippen molar-refractivity contribution in [2.75, 3.05) is 6.54 Å². The highest BCUT2D eigenvalue weighted by Crippen LogP contribution is 2.11. The van der Waals surface area contributed by atoms with Gasteiger partial charge in [-0.25, -0.2) is 4.79 Å². The normalized spacial score (nSPS) is 10.4. The van der Waals surface area contributed by atoms with Crippen LogP contribution in [0.3, 0.4) is 0 Å². The molecule has 1 aromatic carbocycles. The summed E-state index contributed by atoms with van der Waals surface area (Å²) in [6.45, 7) is 5.55. The van der Waals surface area contributed by atoms with Crippen LogP contribution < -0.4 is 10.6 Å². The van der Waals surface area contributed by atoms with Gasteiger partial charge in [0.15, 0.2) is 0 Å². The number of urea groups is 1. The molecule has 0 radical (unpaired) electrons. The second-order valence-corrected chi connectivity index (χ2v) is 5.34. The number of carbonyl (C=O) groups excluding carboxylic acids is 1. The maximum absolute atomic E-state index is 11.4. The van der Waals surface area contributed by atoms with Crippen LogP contribution >= 0.6 is 15.9 Å². The Morgan fingerprint density at radius 1 is 1.35 bits per heavy atom. The molecule has 0 spiro atoms. The fourth-order valence-corrected chi connectivity index (χ4v) is 1.81. The van der Waals surface area contributed by atoms with E-state index in [9.17, 15) is 4.79 Å². The molecule has 2 amide bonds. The van der Waals surface area contributed by atoms with E-state index in [0.717, 1.165) is 23.0 Å². The van der Waals surface area contributed by atoms with Crippen LogP contribution in [0.5, 0.6) is 0 Å². The van der Waals surface area contributed by atoms with Crippen molar-refractivity contribution >= 4 is 22.0 Å². The van der Waals surface area contributed by atoms with E-state index >= 15 is 0 Å². The maximum atomic E-state index is 11.4. The molecule has 1 aromatic rings. The second-order valence-electron chi connectivity index (χ2n) is 4.42. The molecule has 0 saturated heterocycles. The lowest BCUT2D eigenvalue weighted by atomic mass is 10.1. The van der Waals surface area contributed by atoms with Gasteiger partial charge in [0.05, 0.1) is 0 Å². The quantitative estimate of drug-likeness (QED) is 0.860. The Morgan fingerprint density at radius 2 is 2.12 bits per heavy atom. The van der Waals surface area contributed by atoms with Crippen molar-refractivity contribution in [3.8, 4) is 0 Å². The molecule has 17 heavy (non-hydrogen) atoms. The predicted octanol–water partition coefficient (Wildman–Crippen LogP) is 3.29. The van der Waals surface area contributed by atoms with Crippen LogP contribution in [0.25, 0.3) is 0 Å². The maximum Gasteiger partial charge on any atom is 0.315 e. The zero-order valence-corrected chi connectivity index (χ0v) is 11.9. The summed E-state index contributed by atoms with van der Waals surface area (Å²) in [4.78, 5) is 11.4. The summed E-state index contributed by atoms with van der Waals surface area (Å²) < 4.78 is 1.03. The van der Waals surface area contributed by atoms with Crippen molar-refractivity contribution in [2.45, 2.75) is 26.8 Å². The fraction of sp³-hybridized carbons (Fsp3) is 0.462. The Kier molecular flexibility index (Phi) is 6.05. The van der Waals surface area contributed by atoms with Crippen LogP contribution in [0, 0.1) is 5.92 Å². The molecule has 0 atom stereocenters. The third-order valence-electron chi connectivity index (χ3n) is 2.35. The number of hydrogen-bond donors (Lipinski definition) is 2. The zero-order valence-electron chi connectivity index (χ0n) is 10.3. The first kappa shape index (κ1) is 14.0. The summed E-state index contributed by atoms with van der Waals surface area (Å²) in [7, 11) is 0. The molecule has 94 valence electrons. The standard InChI is InChI=1S/C13H19BrN2O/c1-10(2)6-7-15-13(17)16-9-11-4-3-5-12(14)8-11/h3-5,8,10H,6-7,9H2,1-2H3,(H2,15,16,17). The molecule has 2 N–H and O–H groups in total. The van der Waals surface area contributed by atoms with E-state index in [1.165, 1.54) is 0 Å². The predicted molar refractivity (Wildman–Crippen MR) is 73.8 cm³/mol. The van der Waals surface area contributed by atoms with Gasteiger partial charge in [0, 0.05) is 17.6 Å². The lowest BCUT2D eigenvalue weighted by Gasteiger charge is -2.09. The average molecular weight is 299 g/mol. The van der Waals surface area contributed by atoms with E-state index in [-0.39, 0.29) is 6.03 Å². The van der Waals surface area contributed by atoms with Gasteiger partial charge in [0.2, 0.25) is 0 Å². The lowest BCUT2D eigenvalue weighted by Crippen LogP contribution is -2.35. The Balaban J connectivity index is 2.24. The highest BCUT2D eigenvalue weighted by molar-refractivity contribution is 9.10. The smallest absolute Gasteiger partial charge is 0.315 e. The van der Waals surface area contributed by atoms with Crippen LogP contribution in [-0.2, 0) is 6.54 Å². The van der Waals surface area contributed by atoms with Crippen LogP contribution in [0.1, 0.15) is 25.8 Å². The third-order valence-corrected chi connectivity index (χ3v) is 2.84. The lowest BCUT2D eigenvalue weighted by molar-refractivity contribution is 0.240. The minimum absolute atomic E-state index is 0.106. The first-order chi connectivity index (χ1) is 8.08. The number of carbonyl (C=O) groups is 1. The average Bonchev–Trinajstić information content (AvgIpc) is 2.26. The highest BCUT2D eigenvalue weighted by Gasteiger charge is 2.01. The molecule has 0 heterocycles. The van der Waals surface area contributed by atoms with Crippen molar-refractivity contribution in [2.24, 2.45) is 5.92 Å². The molecule has 0 bridgehead atoms. The van der Waals surface area contributed by atoms with Crippen molar-refractivity contribution in [3.63, 3.8) is 0 Å². The van der Waals surface area contributed by atoms with Gasteiger partial charge >= 0.3 is 6.03 Å². The van der Waals surface area contributed by atoms with Gasteiger partial charge in [-0.05, 0) is 30.0 Å². The van der Waals surface area contributed by atoms with Crippen molar-refractivity contribution < 1.29 is 4.79 Å². The third kappa shape index (κ3) is 6.31. The van der Waals surface area contributed by atoms with E-state index in [2.05, 4.69) is 40.4 Å². The molecular weight excluding hydrogens is 280 g/mol. The van der Waals surface area contributed by atoms with Gasteiger partial charge in [-0.2, -0.15) is 0 Å². The monoisotopic (exact) mass is 298 g/mol. The van der Waals surface area contributed by atoms with Crippen LogP contribution in [0.15, 0.2) is 28.7 Å². The van der Waals surface area contributed by atoms with Gasteiger partial charge in [-0.3, -0.25) is 0 Å². The van der Waals surface area contributed by atoms with Gasteiger partial charge < -0.3 is 10.6 Å². The number of halogens is 1. The summed E-state index contributed by atoms with van der Waals surface area (Å²) in [6.07, 6.45) is 1.00. The van der Waals surface area contributed by atoms with Gasteiger partial charge in [-0.15, -0.1) is 0 Å². The molecule has 0 aromatic heterocycles. The SMILES string of the molecule is CC(C)CCNC(=O)NCc1cccc(Br)c1. The molecular formula is C13H19BrN2O. The van der Waals surface area contributed by atoms with E-state index in [1.54, 1.807) is 0 Å². The van der Waals surface area contributed by atoms with Gasteiger partial charge in [-0.1, -0.05) is 41.9 Å². The van der Waals surface area contributed by atoms with Gasteiger partial charge in [0.25, 0.3) is 0 Å². The minimum Gasteiger partial charge on any atom is -0.338 e. The summed E-state index contributed by atoms with van der Waals surface area (Å²) in [5.41, 5.74) is 1.08. The fourth-order valence-electron chi connectivity index (χ4n) is 1.37. The van der Waals surface area contributed by atoms with E-state index in [1.807, 2.05) is 24.3 Å². The molecule has 0 unspecified atom stereocenters. The van der Waals surface area contributed by atoms with Crippen LogP contribution in [0.4, 0.5) is 4.79 Å². The first-order valence-electron chi connectivity index (χ1n) is 5.84. The summed E-state index contributed by atoms with van der Waals surface area (Å²) in [5, 5.41) is 5.67. The molecule has 0 aliphatic carbocycles. The van der Waals surface area contributed by atoms with Crippen molar-refractivity contribution in [1.29, 1.82) is 0 Å². The molecule has 3 nitrogen and oxygen atoms in total. The molecule has 4 heteroatoms. The Hall–Kier alpha value is -1.03. The number of nitrogens with one attached hydrogen (secondary N) is 2. The highest BCUT2D eigenvalue weighted by atomic mass is 79.9. The number of amides is 2. The van der Waals surface area contributed by atoms with Crippen LogP contribution in [-0.4, -0.2) is 12.6 Å². The summed E-state index contributed by atoms with van der Waals surface area (Å²) in [5.74, 6) is 0.611. The van der Waals surface area contributed by atoms with Crippen molar-refractivity contribution in [1.82, 2.24) is 10.6 Å². The largest absolute Gasteiger partial charge is 0.338 e. The number of hydrogen-bond acceptors (Lipinski definition) is 1. The second kappa shape index (κ2) is 7.33. The Labute approximate surface area is 111 Å². The number of rotatable bonds is 5. The molecule has 0 aliphatic rings. The number of benzene rings is 1. The molecule has 0 saturated carbocycles. The summed E-state index contributed by atoms with van der Waals surface area (Å²) in [6, 6.07) is 7.79. The van der Waals surface area contributed by atoms with E-state index in [0.29, 0.717) is 12.5 Å². The van der Waals surface area contributed by atoms with E-state index in [4.69, 9.17) is 0 Å². The Morgan fingerprint density at radius 3 is 2.76 bits per heavy atom. The van der Waals surface area contributed by atoms with E-state index < -0.39 is 0 Å². The van der Waals surface area contributed by atoms with Crippen LogP contribution in [0.2, 0.25) is 0 Å². The zero-order chi connectivity index (χ0) is 12.7. The Bertz CT molecular complexity index is 366. The van der Waals surface area contributed by atoms with Gasteiger partial charge in [0.1, 0.15) is 0 Å². The molecule has 1 rings (SSSR count).